The van der Waals surface area contributed by atoms with Crippen molar-refractivity contribution in [1.82, 2.24) is 5.32 Å². The molecule has 1 aromatic carbocycles. The first-order chi connectivity index (χ1) is 8.39. The minimum Gasteiger partial charge on any atom is -0.747 e. The van der Waals surface area contributed by atoms with Gasteiger partial charge in [-0.05, 0) is 12.0 Å². The van der Waals surface area contributed by atoms with E-state index in [0.717, 1.165) is 5.56 Å². The van der Waals surface area contributed by atoms with Crippen molar-refractivity contribution in [3.8, 4) is 0 Å². The van der Waals surface area contributed by atoms with Crippen LogP contribution in [0.25, 0.3) is 0 Å². The van der Waals surface area contributed by atoms with Gasteiger partial charge in [-0.1, -0.05) is 30.3 Å². The Bertz CT molecular complexity index is 493. The summed E-state index contributed by atoms with van der Waals surface area (Å²) >= 11 is 0. The van der Waals surface area contributed by atoms with Crippen LogP contribution in [-0.4, -0.2) is 24.3 Å². The second-order valence-electron chi connectivity index (χ2n) is 3.83. The largest absolute Gasteiger partial charge is 1.00 e. The Labute approximate surface area is 134 Å². The van der Waals surface area contributed by atoms with E-state index in [-0.39, 0.29) is 48.3 Å². The Morgan fingerprint density at radius 1 is 1.32 bits per heavy atom. The average molecular weight is 294 g/mol. The van der Waals surface area contributed by atoms with E-state index in [1.165, 1.54) is 0 Å². The van der Waals surface area contributed by atoms with Gasteiger partial charge in [0.25, 0.3) is 0 Å². The first-order valence-corrected chi connectivity index (χ1v) is 6.87. The standard InChI is InChI=1S/C11H16N2O4S.Na/c12-10(18(15,16)17)6-7-11(14)13-8-9-4-2-1-3-5-9;/h1-5,10H,6-8,12H2,(H,13,14)(H,15,16,17);/q;+1/p-1. The van der Waals surface area contributed by atoms with Crippen molar-refractivity contribution < 1.29 is 47.3 Å². The van der Waals surface area contributed by atoms with Gasteiger partial charge in [0.1, 0.15) is 10.1 Å². The molecule has 0 saturated carbocycles. The van der Waals surface area contributed by atoms with Gasteiger partial charge in [-0.15, -0.1) is 0 Å². The van der Waals surface area contributed by atoms with E-state index in [9.17, 15) is 17.8 Å². The maximum absolute atomic E-state index is 11.4. The van der Waals surface area contributed by atoms with Crippen molar-refractivity contribution >= 4 is 16.0 Å². The van der Waals surface area contributed by atoms with E-state index in [2.05, 4.69) is 5.32 Å². The molecule has 19 heavy (non-hydrogen) atoms. The molecule has 0 aliphatic carbocycles. The first-order valence-electron chi connectivity index (χ1n) is 5.40. The van der Waals surface area contributed by atoms with Crippen molar-refractivity contribution in [3.63, 3.8) is 0 Å². The van der Waals surface area contributed by atoms with Gasteiger partial charge in [0.2, 0.25) is 5.91 Å². The summed E-state index contributed by atoms with van der Waals surface area (Å²) < 4.78 is 31.5. The van der Waals surface area contributed by atoms with Gasteiger partial charge in [0, 0.05) is 13.0 Å². The summed E-state index contributed by atoms with van der Waals surface area (Å²) in [4.78, 5) is 11.4. The zero-order valence-electron chi connectivity index (χ0n) is 10.7. The third-order valence-electron chi connectivity index (χ3n) is 2.36. The summed E-state index contributed by atoms with van der Waals surface area (Å²) in [6, 6.07) is 9.27. The number of benzene rings is 1. The zero-order valence-corrected chi connectivity index (χ0v) is 13.5. The molecule has 0 fully saturated rings. The van der Waals surface area contributed by atoms with Crippen LogP contribution in [0.15, 0.2) is 30.3 Å². The third kappa shape index (κ3) is 7.66. The molecule has 0 radical (unpaired) electrons. The second-order valence-corrected chi connectivity index (χ2v) is 5.42. The van der Waals surface area contributed by atoms with Crippen LogP contribution < -0.4 is 40.6 Å². The van der Waals surface area contributed by atoms with Gasteiger partial charge in [-0.3, -0.25) is 4.79 Å². The number of carbonyl (C=O) groups excluding carboxylic acids is 1. The molecule has 1 unspecified atom stereocenters. The molecule has 0 aliphatic rings. The molecule has 1 rings (SSSR count). The van der Waals surface area contributed by atoms with E-state index < -0.39 is 15.5 Å². The molecule has 0 aromatic heterocycles. The van der Waals surface area contributed by atoms with E-state index in [4.69, 9.17) is 5.73 Å². The van der Waals surface area contributed by atoms with E-state index in [0.29, 0.717) is 6.54 Å². The molecule has 0 aliphatic heterocycles. The number of nitrogens with one attached hydrogen (secondary N) is 1. The Balaban J connectivity index is 0.00000324. The molecule has 0 heterocycles. The topological polar surface area (TPSA) is 112 Å². The van der Waals surface area contributed by atoms with Crippen molar-refractivity contribution in [2.24, 2.45) is 5.73 Å². The Kier molecular flexibility index (Phi) is 8.47. The number of amides is 1. The number of rotatable bonds is 6. The van der Waals surface area contributed by atoms with Crippen LogP contribution in [0, 0.1) is 0 Å². The molecule has 8 heteroatoms. The van der Waals surface area contributed by atoms with Crippen molar-refractivity contribution in [3.05, 3.63) is 35.9 Å². The van der Waals surface area contributed by atoms with Crippen molar-refractivity contribution in [1.29, 1.82) is 0 Å². The Hall–Kier alpha value is -0.440. The first kappa shape index (κ1) is 18.6. The second kappa shape index (κ2) is 8.68. The van der Waals surface area contributed by atoms with Gasteiger partial charge in [0.15, 0.2) is 0 Å². The number of hydrogen-bond donors (Lipinski definition) is 2. The molecular formula is C11H15N2NaO4S. The fourth-order valence-corrected chi connectivity index (χ4v) is 1.71. The fourth-order valence-electron chi connectivity index (χ4n) is 1.30. The van der Waals surface area contributed by atoms with E-state index in [1.54, 1.807) is 0 Å². The summed E-state index contributed by atoms with van der Waals surface area (Å²) in [7, 11) is -4.52. The quantitative estimate of drug-likeness (QED) is 0.427. The summed E-state index contributed by atoms with van der Waals surface area (Å²) in [5.74, 6) is -0.335. The summed E-state index contributed by atoms with van der Waals surface area (Å²) in [5.41, 5.74) is 6.06. The SMILES string of the molecule is NC(CCC(=O)NCc1ccccc1)S(=O)(=O)[O-].[Na+]. The molecule has 0 spiro atoms. The summed E-state index contributed by atoms with van der Waals surface area (Å²) in [6.45, 7) is 0.360. The molecule has 100 valence electrons. The van der Waals surface area contributed by atoms with Gasteiger partial charge in [-0.25, -0.2) is 8.42 Å². The maximum Gasteiger partial charge on any atom is 1.00 e. The molecule has 3 N–H and O–H groups in total. The van der Waals surface area contributed by atoms with E-state index in [1.807, 2.05) is 30.3 Å². The van der Waals surface area contributed by atoms with Crippen LogP contribution in [-0.2, 0) is 21.5 Å². The van der Waals surface area contributed by atoms with Crippen LogP contribution in [0.1, 0.15) is 18.4 Å². The molecule has 6 nitrogen and oxygen atoms in total. The fraction of sp³-hybridized carbons (Fsp3) is 0.364. The number of nitrogens with two attached hydrogens (primary N) is 1. The van der Waals surface area contributed by atoms with Gasteiger partial charge in [0.05, 0.1) is 5.37 Å². The third-order valence-corrected chi connectivity index (χ3v) is 3.34. The average Bonchev–Trinajstić information content (AvgIpc) is 2.33. The van der Waals surface area contributed by atoms with Gasteiger partial charge >= 0.3 is 29.6 Å². The molecule has 1 atom stereocenters. The van der Waals surface area contributed by atoms with Crippen molar-refractivity contribution in [2.45, 2.75) is 24.8 Å². The molecule has 0 saturated heterocycles. The number of carbonyl (C=O) groups is 1. The van der Waals surface area contributed by atoms with Crippen LogP contribution in [0.5, 0.6) is 0 Å². The summed E-state index contributed by atoms with van der Waals surface area (Å²) in [6.07, 6.45) is -0.262. The summed E-state index contributed by atoms with van der Waals surface area (Å²) in [5, 5.41) is 1.09. The minimum absolute atomic E-state index is 0. The zero-order chi connectivity index (χ0) is 13.6. The van der Waals surface area contributed by atoms with E-state index >= 15 is 0 Å². The van der Waals surface area contributed by atoms with Gasteiger partial charge < -0.3 is 15.6 Å². The van der Waals surface area contributed by atoms with Crippen LogP contribution >= 0.6 is 0 Å². The molecule has 0 bridgehead atoms. The van der Waals surface area contributed by atoms with Crippen LogP contribution in [0.4, 0.5) is 0 Å². The number of hydrogen-bond acceptors (Lipinski definition) is 5. The minimum atomic E-state index is -4.52. The molecule has 1 aromatic rings. The van der Waals surface area contributed by atoms with Gasteiger partial charge in [-0.2, -0.15) is 0 Å². The predicted molar refractivity (Wildman–Crippen MR) is 65.2 cm³/mol. The van der Waals surface area contributed by atoms with Crippen molar-refractivity contribution in [2.75, 3.05) is 0 Å². The normalized spacial score (nSPS) is 12.3. The monoisotopic (exact) mass is 294 g/mol. The molecular weight excluding hydrogens is 279 g/mol. The Morgan fingerprint density at radius 3 is 2.42 bits per heavy atom. The van der Waals surface area contributed by atoms with Crippen LogP contribution in [0.2, 0.25) is 0 Å². The molecule has 1 amide bonds. The Morgan fingerprint density at radius 2 is 1.89 bits per heavy atom. The maximum atomic E-state index is 11.4. The smallest absolute Gasteiger partial charge is 0.747 e. The van der Waals surface area contributed by atoms with Crippen LogP contribution in [0.3, 0.4) is 0 Å². The predicted octanol–water partition coefficient (Wildman–Crippen LogP) is -3.08.